The van der Waals surface area contributed by atoms with Crippen molar-refractivity contribution in [2.75, 3.05) is 6.54 Å². The number of benzene rings is 4. The van der Waals surface area contributed by atoms with E-state index in [4.69, 9.17) is 9.84 Å². The van der Waals surface area contributed by atoms with Crippen LogP contribution in [0.5, 0.6) is 0 Å². The minimum Gasteiger partial charge on any atom is -0.433 e. The molecule has 1 amide bonds. The van der Waals surface area contributed by atoms with Crippen LogP contribution in [0, 0.1) is 6.92 Å². The number of ether oxygens (including phenoxy) is 1. The summed E-state index contributed by atoms with van der Waals surface area (Å²) in [7, 11) is 0. The molecule has 0 saturated carbocycles. The smallest absolute Gasteiger partial charge is 0.344 e. The first-order valence-corrected chi connectivity index (χ1v) is 13.0. The van der Waals surface area contributed by atoms with Gasteiger partial charge in [0.05, 0.1) is 11.4 Å². The van der Waals surface area contributed by atoms with Gasteiger partial charge >= 0.3 is 5.97 Å². The van der Waals surface area contributed by atoms with Crippen molar-refractivity contribution in [2.45, 2.75) is 19.6 Å². The van der Waals surface area contributed by atoms with Gasteiger partial charge in [-0.2, -0.15) is 5.10 Å². The van der Waals surface area contributed by atoms with Crippen molar-refractivity contribution in [1.29, 1.82) is 0 Å². The first-order chi connectivity index (χ1) is 19.1. The molecule has 39 heavy (non-hydrogen) atoms. The van der Waals surface area contributed by atoms with Crippen LogP contribution in [0.3, 0.4) is 0 Å². The fourth-order valence-corrected chi connectivity index (χ4v) is 5.10. The Labute approximate surface area is 227 Å². The van der Waals surface area contributed by atoms with Crippen LogP contribution in [0.4, 0.5) is 0 Å². The van der Waals surface area contributed by atoms with E-state index in [0.29, 0.717) is 41.0 Å². The number of carbonyl (C=O) groups excluding carboxylic acids is 2. The first kappa shape index (κ1) is 24.4. The number of aromatic nitrogens is 2. The Morgan fingerprint density at radius 3 is 2.15 bits per heavy atom. The third-order valence-corrected chi connectivity index (χ3v) is 7.07. The molecule has 0 bridgehead atoms. The summed E-state index contributed by atoms with van der Waals surface area (Å²) in [5.41, 5.74) is 5.60. The molecule has 0 spiro atoms. The molecule has 0 N–H and O–H groups in total. The number of carbonyl (C=O) groups is 2. The second-order valence-corrected chi connectivity index (χ2v) is 9.50. The molecule has 6 rings (SSSR count). The van der Waals surface area contributed by atoms with Crippen LogP contribution in [0.15, 0.2) is 115 Å². The second-order valence-electron chi connectivity index (χ2n) is 9.50. The third kappa shape index (κ3) is 4.61. The van der Waals surface area contributed by atoms with Gasteiger partial charge < -0.3 is 4.74 Å². The van der Waals surface area contributed by atoms with Crippen molar-refractivity contribution in [1.82, 2.24) is 14.7 Å². The number of rotatable bonds is 7. The van der Waals surface area contributed by atoms with Gasteiger partial charge in [-0.1, -0.05) is 97.1 Å². The summed E-state index contributed by atoms with van der Waals surface area (Å²) in [6, 6.07) is 36.6. The summed E-state index contributed by atoms with van der Waals surface area (Å²) in [4.78, 5) is 29.0. The molecule has 0 radical (unpaired) electrons. The minimum atomic E-state index is -0.826. The van der Waals surface area contributed by atoms with Crippen LogP contribution in [0.1, 0.15) is 43.8 Å². The van der Waals surface area contributed by atoms with Crippen LogP contribution < -0.4 is 0 Å². The van der Waals surface area contributed by atoms with E-state index in [9.17, 15) is 9.59 Å². The van der Waals surface area contributed by atoms with Gasteiger partial charge in [-0.15, -0.1) is 0 Å². The molecule has 0 unspecified atom stereocenters. The minimum absolute atomic E-state index is 0.140. The summed E-state index contributed by atoms with van der Waals surface area (Å²) in [5.74, 6) is -0.660. The molecule has 5 aromatic rings. The number of hydrogen-bond acceptors (Lipinski definition) is 4. The van der Waals surface area contributed by atoms with Crippen molar-refractivity contribution < 1.29 is 14.3 Å². The largest absolute Gasteiger partial charge is 0.433 e. The summed E-state index contributed by atoms with van der Waals surface area (Å²) >= 11 is 0. The van der Waals surface area contributed by atoms with Crippen LogP contribution in [-0.4, -0.2) is 33.1 Å². The lowest BCUT2D eigenvalue weighted by molar-refractivity contribution is -0.0181. The Balaban J connectivity index is 1.38. The molecule has 1 aromatic heterocycles. The van der Waals surface area contributed by atoms with Crippen molar-refractivity contribution >= 4 is 11.9 Å². The molecule has 192 valence electrons. The summed E-state index contributed by atoms with van der Waals surface area (Å²) in [6.45, 7) is 2.28. The molecular formula is C33H27N3O3. The molecule has 1 atom stereocenters. The van der Waals surface area contributed by atoms with E-state index in [2.05, 4.69) is 0 Å². The Bertz CT molecular complexity index is 1630. The topological polar surface area (TPSA) is 64.4 Å². The van der Waals surface area contributed by atoms with Gasteiger partial charge in [0, 0.05) is 23.2 Å². The number of hydrogen-bond donors (Lipinski definition) is 0. The zero-order valence-corrected chi connectivity index (χ0v) is 21.5. The zero-order valence-electron chi connectivity index (χ0n) is 21.5. The molecule has 1 aliphatic rings. The molecule has 0 aliphatic carbocycles. The number of para-hydroxylation sites is 1. The molecule has 4 aromatic carbocycles. The summed E-state index contributed by atoms with van der Waals surface area (Å²) in [6.07, 6.45) is -0.178. The molecule has 1 aliphatic heterocycles. The Morgan fingerprint density at radius 2 is 1.44 bits per heavy atom. The number of nitrogens with zero attached hydrogens (tertiary/aromatic N) is 3. The van der Waals surface area contributed by atoms with Crippen molar-refractivity contribution in [3.8, 4) is 16.9 Å². The van der Waals surface area contributed by atoms with E-state index in [1.807, 2.05) is 116 Å². The van der Waals surface area contributed by atoms with Crippen LogP contribution in [-0.2, 0) is 11.2 Å². The van der Waals surface area contributed by atoms with E-state index >= 15 is 0 Å². The lowest BCUT2D eigenvalue weighted by Crippen LogP contribution is -2.33. The third-order valence-electron chi connectivity index (χ3n) is 7.07. The fourth-order valence-electron chi connectivity index (χ4n) is 5.10. The van der Waals surface area contributed by atoms with Crippen LogP contribution in [0.2, 0.25) is 0 Å². The number of amides is 1. The maximum Gasteiger partial charge on any atom is 0.344 e. The highest BCUT2D eigenvalue weighted by Gasteiger charge is 2.40. The van der Waals surface area contributed by atoms with Crippen molar-refractivity contribution in [3.05, 3.63) is 143 Å². The molecule has 0 saturated heterocycles. The second kappa shape index (κ2) is 10.4. The average molecular weight is 514 g/mol. The SMILES string of the molecule is Cc1c(C(=O)O[C@@H]2c3ccccc3C(=O)N2CCc2ccccc2)c(-c2ccccc2)nn1-c1ccccc1. The van der Waals surface area contributed by atoms with Gasteiger partial charge in [0.15, 0.2) is 0 Å². The van der Waals surface area contributed by atoms with E-state index in [1.54, 1.807) is 15.6 Å². The fraction of sp³-hybridized carbons (Fsp3) is 0.121. The molecule has 0 fully saturated rings. The lowest BCUT2D eigenvalue weighted by Gasteiger charge is -2.25. The van der Waals surface area contributed by atoms with E-state index in [0.717, 1.165) is 16.8 Å². The van der Waals surface area contributed by atoms with Gasteiger partial charge in [0.2, 0.25) is 6.23 Å². The van der Waals surface area contributed by atoms with Gasteiger partial charge in [-0.05, 0) is 37.1 Å². The average Bonchev–Trinajstić information content (AvgIpc) is 3.47. The molecule has 6 nitrogen and oxygen atoms in total. The highest BCUT2D eigenvalue weighted by molar-refractivity contribution is 6.01. The Hall–Kier alpha value is -4.97. The summed E-state index contributed by atoms with van der Waals surface area (Å²) in [5, 5.41) is 4.84. The first-order valence-electron chi connectivity index (χ1n) is 13.0. The number of esters is 1. The Morgan fingerprint density at radius 1 is 0.821 bits per heavy atom. The monoisotopic (exact) mass is 513 g/mol. The maximum absolute atomic E-state index is 14.0. The van der Waals surface area contributed by atoms with Gasteiger partial charge in [-0.25, -0.2) is 9.48 Å². The van der Waals surface area contributed by atoms with Gasteiger partial charge in [-0.3, -0.25) is 9.69 Å². The normalized spacial score (nSPS) is 14.3. The van der Waals surface area contributed by atoms with Crippen molar-refractivity contribution in [3.63, 3.8) is 0 Å². The molecule has 2 heterocycles. The summed E-state index contributed by atoms with van der Waals surface area (Å²) < 4.78 is 7.96. The highest BCUT2D eigenvalue weighted by Crippen LogP contribution is 2.37. The van der Waals surface area contributed by atoms with Crippen molar-refractivity contribution in [2.24, 2.45) is 0 Å². The molecular weight excluding hydrogens is 486 g/mol. The van der Waals surface area contributed by atoms with E-state index in [-0.39, 0.29) is 5.91 Å². The van der Waals surface area contributed by atoms with Gasteiger partial charge in [0.1, 0.15) is 11.3 Å². The van der Waals surface area contributed by atoms with Gasteiger partial charge in [0.25, 0.3) is 5.91 Å². The quantitative estimate of drug-likeness (QED) is 0.236. The van der Waals surface area contributed by atoms with Crippen LogP contribution >= 0.6 is 0 Å². The van der Waals surface area contributed by atoms with E-state index in [1.165, 1.54) is 0 Å². The highest BCUT2D eigenvalue weighted by atomic mass is 16.6. The maximum atomic E-state index is 14.0. The standard InChI is InChI=1S/C33H27N3O3/c1-23-29(30(25-15-7-3-8-16-25)34-36(23)26-17-9-4-10-18-26)33(38)39-32-28-20-12-11-19-27(28)31(37)35(32)22-21-24-13-5-2-6-14-24/h2-20,32H,21-22H2,1H3/t32-/m1/s1. The van der Waals surface area contributed by atoms with Crippen LogP contribution in [0.25, 0.3) is 16.9 Å². The zero-order chi connectivity index (χ0) is 26.8. The lowest BCUT2D eigenvalue weighted by atomic mass is 10.1. The van der Waals surface area contributed by atoms with E-state index < -0.39 is 12.2 Å². The Kier molecular flexibility index (Phi) is 6.51. The predicted octanol–water partition coefficient (Wildman–Crippen LogP) is 6.40. The number of fused-ring (bicyclic) bond motifs is 1. The molecule has 6 heteroatoms. The predicted molar refractivity (Wildman–Crippen MR) is 150 cm³/mol.